The van der Waals surface area contributed by atoms with E-state index in [0.717, 1.165) is 28.7 Å². The second kappa shape index (κ2) is 15.6. The average Bonchev–Trinajstić information content (AvgIpc) is 4.01. The van der Waals surface area contributed by atoms with Gasteiger partial charge in [0.25, 0.3) is 5.92 Å². The summed E-state index contributed by atoms with van der Waals surface area (Å²) < 4.78 is 96.3. The minimum Gasteiger partial charge on any atom is -0.461 e. The molecule has 0 radical (unpaired) electrons. The predicted octanol–water partition coefficient (Wildman–Crippen LogP) is 9.85. The van der Waals surface area contributed by atoms with Gasteiger partial charge in [0.15, 0.2) is 5.82 Å². The van der Waals surface area contributed by atoms with Crippen LogP contribution >= 0.6 is 22.9 Å². The number of benzene rings is 3. The Hall–Kier alpha value is -5.51. The number of alkyl halides is 3. The number of nitrogens with one attached hydrogen (secondary N) is 1. The Balaban J connectivity index is 1.13. The average molecular weight is 910 g/mol. The van der Waals surface area contributed by atoms with Gasteiger partial charge in [0, 0.05) is 42.4 Å². The quantitative estimate of drug-likeness (QED) is 0.150. The van der Waals surface area contributed by atoms with E-state index < -0.39 is 65.7 Å². The van der Waals surface area contributed by atoms with Crippen LogP contribution in [0.3, 0.4) is 0 Å². The first-order valence-corrected chi connectivity index (χ1v) is 21.6. The number of likely N-dealkylation sites (tertiary alicyclic amines) is 1. The number of anilines is 2. The van der Waals surface area contributed by atoms with Crippen LogP contribution in [0.15, 0.2) is 48.5 Å². The third-order valence-electron chi connectivity index (χ3n) is 12.4. The lowest BCUT2D eigenvalue weighted by Crippen LogP contribution is -2.77. The molecule has 1 unspecified atom stereocenters. The number of carbonyl (C=O) groups is 2. The van der Waals surface area contributed by atoms with E-state index in [1.165, 1.54) is 17.0 Å². The summed E-state index contributed by atoms with van der Waals surface area (Å²) in [7, 11) is 0. The van der Waals surface area contributed by atoms with Crippen molar-refractivity contribution in [3.8, 4) is 23.2 Å². The van der Waals surface area contributed by atoms with Crippen molar-refractivity contribution in [3.63, 3.8) is 0 Å². The highest BCUT2D eigenvalue weighted by molar-refractivity contribution is 7.23. The van der Waals surface area contributed by atoms with Crippen molar-refractivity contribution < 1.29 is 45.8 Å². The Morgan fingerprint density at radius 1 is 1.08 bits per heavy atom. The normalized spacial score (nSPS) is 23.0. The lowest BCUT2D eigenvalue weighted by Gasteiger charge is -2.55. The van der Waals surface area contributed by atoms with Crippen LogP contribution in [-0.2, 0) is 16.1 Å². The lowest BCUT2D eigenvalue weighted by molar-refractivity contribution is -0.221. The minimum absolute atomic E-state index is 0.00258. The number of halogens is 6. The second-order valence-electron chi connectivity index (χ2n) is 17.5. The largest absolute Gasteiger partial charge is 0.461 e. The van der Waals surface area contributed by atoms with Gasteiger partial charge < -0.3 is 19.1 Å². The molecule has 2 aromatic heterocycles. The zero-order valence-corrected chi connectivity index (χ0v) is 35.9. The van der Waals surface area contributed by atoms with E-state index in [1.807, 2.05) is 11.0 Å². The van der Waals surface area contributed by atoms with Crippen LogP contribution in [0.1, 0.15) is 57.6 Å². The topological polar surface area (TPSA) is 133 Å². The Morgan fingerprint density at radius 3 is 2.59 bits per heavy atom. The molecule has 19 heteroatoms. The third-order valence-corrected chi connectivity index (χ3v) is 13.8. The monoisotopic (exact) mass is 909 g/mol. The molecule has 5 aromatic rings. The van der Waals surface area contributed by atoms with Crippen molar-refractivity contribution in [2.75, 3.05) is 49.5 Å². The summed E-state index contributed by atoms with van der Waals surface area (Å²) in [6.07, 6.45) is -1.38. The molecule has 4 aliphatic heterocycles. The van der Waals surface area contributed by atoms with Gasteiger partial charge in [-0.1, -0.05) is 48.0 Å². The maximum atomic E-state index is 17.5. The van der Waals surface area contributed by atoms with Gasteiger partial charge in [0.1, 0.15) is 58.7 Å². The molecule has 63 heavy (non-hydrogen) atoms. The smallest absolute Gasteiger partial charge is 0.412 e. The van der Waals surface area contributed by atoms with E-state index in [2.05, 4.69) is 15.3 Å². The zero-order chi connectivity index (χ0) is 44.6. The molecule has 0 aliphatic carbocycles. The number of thiophene rings is 1. The van der Waals surface area contributed by atoms with E-state index in [9.17, 15) is 19.2 Å². The molecule has 2 amide bonds. The number of carbonyl (C=O) groups excluding carboxylic acids is 2. The third kappa shape index (κ3) is 7.41. The molecule has 6 heterocycles. The summed E-state index contributed by atoms with van der Waals surface area (Å²) in [6.45, 7) is 4.39. The molecule has 4 aliphatic rings. The van der Waals surface area contributed by atoms with Crippen molar-refractivity contribution in [1.29, 1.82) is 5.26 Å². The van der Waals surface area contributed by atoms with Crippen LogP contribution in [0.25, 0.3) is 32.1 Å². The molecule has 9 rings (SSSR count). The fraction of sp³-hybridized carbons (Fsp3) is 0.432. The maximum Gasteiger partial charge on any atom is 0.412 e. The first kappa shape index (κ1) is 42.8. The Kier molecular flexibility index (Phi) is 10.6. The minimum atomic E-state index is -3.31. The number of aromatic nitrogens is 2. The molecule has 3 atom stereocenters. The number of nitriles is 1. The van der Waals surface area contributed by atoms with E-state index in [-0.39, 0.29) is 98.7 Å². The van der Waals surface area contributed by atoms with Crippen molar-refractivity contribution in [2.45, 2.75) is 81.8 Å². The molecule has 0 saturated carbocycles. The van der Waals surface area contributed by atoms with E-state index in [0.29, 0.717) is 18.5 Å². The molecule has 1 spiro atoms. The van der Waals surface area contributed by atoms with Crippen LogP contribution < -0.4 is 15.0 Å². The summed E-state index contributed by atoms with van der Waals surface area (Å²) in [5, 5.41) is 12.6. The predicted molar refractivity (Wildman–Crippen MR) is 226 cm³/mol. The molecule has 4 fully saturated rings. The fourth-order valence-electron chi connectivity index (χ4n) is 9.46. The van der Waals surface area contributed by atoms with Gasteiger partial charge in [0.2, 0.25) is 0 Å². The van der Waals surface area contributed by atoms with Crippen molar-refractivity contribution >= 4 is 66.9 Å². The van der Waals surface area contributed by atoms with Crippen LogP contribution in [0.4, 0.5) is 42.4 Å². The summed E-state index contributed by atoms with van der Waals surface area (Å²) in [5.74, 6) is -5.08. The molecule has 1 N–H and O–H groups in total. The highest BCUT2D eigenvalue weighted by Crippen LogP contribution is 2.53. The van der Waals surface area contributed by atoms with Crippen LogP contribution in [-0.4, -0.2) is 100 Å². The SMILES string of the molecule is CC(C)(C)OC(=O)Nc1sc2c(F)ccc(-c3c(Cl)cc4c(N5CCC6(C5)N(C(=O)OCc5ccccc5)CC6(F)F)nc(OC[C@@]56CCCN5C[C@H](F)C6)nc4c3F)c2c1C#N. The number of ether oxygens (including phenoxy) is 3. The van der Waals surface area contributed by atoms with Gasteiger partial charge >= 0.3 is 18.2 Å². The molecule has 0 bridgehead atoms. The van der Waals surface area contributed by atoms with Crippen molar-refractivity contribution in [2.24, 2.45) is 0 Å². The van der Waals surface area contributed by atoms with Crippen molar-refractivity contribution in [1.82, 2.24) is 19.8 Å². The van der Waals surface area contributed by atoms with E-state index in [1.54, 1.807) is 51.1 Å². The Morgan fingerprint density at radius 2 is 1.86 bits per heavy atom. The van der Waals surface area contributed by atoms with Gasteiger partial charge in [-0.3, -0.25) is 15.1 Å². The maximum absolute atomic E-state index is 17.5. The molecule has 330 valence electrons. The number of nitrogens with zero attached hydrogens (tertiary/aromatic N) is 6. The van der Waals surface area contributed by atoms with Crippen LogP contribution in [0, 0.1) is 23.0 Å². The fourth-order valence-corrected chi connectivity index (χ4v) is 10.8. The molecule has 3 aromatic carbocycles. The standard InChI is InChI=1S/C44H41ClF5N7O5S/c1-41(2,3)62-39(58)54-37-28(18-51)31-26(10-11-30(47)35(31)63-37)32-29(45)16-27-34(33(32)48)52-38(61-23-42-12-7-14-56(42)19-25(46)17-42)53-36(27)55-15-13-43(21-55)44(49,50)22-57(43)40(59)60-20-24-8-5-4-6-9-24/h4-6,8-11,16,25H,7,12-15,17,19-23H2,1-3H3,(H,54,58)/t25-,42+,43?/m1/s1. The van der Waals surface area contributed by atoms with E-state index in [4.69, 9.17) is 25.8 Å². The molecular weight excluding hydrogens is 869 g/mol. The summed E-state index contributed by atoms with van der Waals surface area (Å²) >= 11 is 7.69. The first-order chi connectivity index (χ1) is 29.9. The second-order valence-corrected chi connectivity index (χ2v) is 18.9. The highest BCUT2D eigenvalue weighted by atomic mass is 35.5. The Labute approximate surface area is 367 Å². The summed E-state index contributed by atoms with van der Waals surface area (Å²) in [4.78, 5) is 39.8. The van der Waals surface area contributed by atoms with E-state index >= 15 is 17.6 Å². The van der Waals surface area contributed by atoms with Crippen molar-refractivity contribution in [3.05, 3.63) is 76.3 Å². The van der Waals surface area contributed by atoms with Crippen LogP contribution in [0.5, 0.6) is 6.01 Å². The zero-order valence-electron chi connectivity index (χ0n) is 34.4. The van der Waals surface area contributed by atoms with Gasteiger partial charge in [-0.05, 0) is 69.8 Å². The number of rotatable bonds is 8. The Bertz CT molecular complexity index is 2720. The lowest BCUT2D eigenvalue weighted by atomic mass is 9.80. The molecule has 4 saturated heterocycles. The van der Waals surface area contributed by atoms with Gasteiger partial charge in [-0.25, -0.2) is 31.5 Å². The molecule has 12 nitrogen and oxygen atoms in total. The summed E-state index contributed by atoms with van der Waals surface area (Å²) in [5.41, 5.74) is -3.60. The summed E-state index contributed by atoms with van der Waals surface area (Å²) in [6, 6.07) is 14.2. The van der Waals surface area contributed by atoms with Gasteiger partial charge in [-0.2, -0.15) is 15.2 Å². The van der Waals surface area contributed by atoms with Crippen LogP contribution in [0.2, 0.25) is 5.02 Å². The van der Waals surface area contributed by atoms with Gasteiger partial charge in [0.05, 0.1) is 27.4 Å². The number of hydrogen-bond acceptors (Lipinski definition) is 11. The molecular formula is C44H41ClF5N7O5S. The highest BCUT2D eigenvalue weighted by Gasteiger charge is 2.71. The number of fused-ring (bicyclic) bond motifs is 3. The number of hydrogen-bond donors (Lipinski definition) is 1. The number of amides is 2. The van der Waals surface area contributed by atoms with Gasteiger partial charge in [-0.15, -0.1) is 11.3 Å². The first-order valence-electron chi connectivity index (χ1n) is 20.4.